The fourth-order valence-corrected chi connectivity index (χ4v) is 3.32. The number of rotatable bonds is 6. The summed E-state index contributed by atoms with van der Waals surface area (Å²) < 4.78 is 6.25. The predicted octanol–water partition coefficient (Wildman–Crippen LogP) is 3.34. The van der Waals surface area contributed by atoms with Crippen molar-refractivity contribution in [1.29, 1.82) is 0 Å². The minimum atomic E-state index is -0.611. The SMILES string of the molecule is O=C(COC(=O)CCn1cnc2sccc2c1=O)Nc1cc(Cl)ccc1Cl. The summed E-state index contributed by atoms with van der Waals surface area (Å²) in [7, 11) is 0. The molecule has 7 nitrogen and oxygen atoms in total. The molecule has 2 aromatic heterocycles. The van der Waals surface area contributed by atoms with Crippen LogP contribution >= 0.6 is 34.5 Å². The third-order valence-corrected chi connectivity index (χ3v) is 4.96. The summed E-state index contributed by atoms with van der Waals surface area (Å²) in [6, 6.07) is 6.31. The minimum Gasteiger partial charge on any atom is -0.456 e. The monoisotopic (exact) mass is 425 g/mol. The first kappa shape index (κ1) is 19.3. The van der Waals surface area contributed by atoms with Crippen molar-refractivity contribution >= 4 is 62.3 Å². The van der Waals surface area contributed by atoms with Crippen LogP contribution in [0.1, 0.15) is 6.42 Å². The van der Waals surface area contributed by atoms with E-state index in [1.807, 2.05) is 0 Å². The van der Waals surface area contributed by atoms with Gasteiger partial charge in [-0.15, -0.1) is 11.3 Å². The van der Waals surface area contributed by atoms with Crippen LogP contribution in [0.2, 0.25) is 10.0 Å². The zero-order chi connectivity index (χ0) is 19.4. The molecule has 0 aliphatic carbocycles. The molecule has 1 amide bonds. The lowest BCUT2D eigenvalue weighted by Gasteiger charge is -2.09. The molecule has 0 bridgehead atoms. The number of carbonyl (C=O) groups excluding carboxylic acids is 2. The second kappa shape index (κ2) is 8.51. The highest BCUT2D eigenvalue weighted by Gasteiger charge is 2.11. The third-order valence-electron chi connectivity index (χ3n) is 3.57. The van der Waals surface area contributed by atoms with Gasteiger partial charge >= 0.3 is 5.97 Å². The first-order valence-electron chi connectivity index (χ1n) is 7.77. The average Bonchev–Trinajstić information content (AvgIpc) is 3.12. The average molecular weight is 426 g/mol. The lowest BCUT2D eigenvalue weighted by Crippen LogP contribution is -2.24. The number of nitrogens with one attached hydrogen (secondary N) is 1. The van der Waals surface area contributed by atoms with Crippen molar-refractivity contribution in [2.45, 2.75) is 13.0 Å². The van der Waals surface area contributed by atoms with Gasteiger partial charge in [-0.2, -0.15) is 0 Å². The van der Waals surface area contributed by atoms with Gasteiger partial charge in [0.1, 0.15) is 4.83 Å². The van der Waals surface area contributed by atoms with Gasteiger partial charge in [0.15, 0.2) is 6.61 Å². The first-order chi connectivity index (χ1) is 12.9. The Kier molecular flexibility index (Phi) is 6.10. The van der Waals surface area contributed by atoms with E-state index in [1.165, 1.54) is 28.3 Å². The molecule has 0 atom stereocenters. The second-order valence-corrected chi connectivity index (χ2v) is 7.20. The molecule has 0 radical (unpaired) electrons. The normalized spacial score (nSPS) is 10.7. The smallest absolute Gasteiger partial charge is 0.308 e. The topological polar surface area (TPSA) is 90.3 Å². The molecule has 3 rings (SSSR count). The van der Waals surface area contributed by atoms with E-state index >= 15 is 0 Å². The number of hydrogen-bond acceptors (Lipinski definition) is 6. The van der Waals surface area contributed by atoms with E-state index in [-0.39, 0.29) is 18.5 Å². The van der Waals surface area contributed by atoms with Crippen molar-refractivity contribution in [3.8, 4) is 0 Å². The number of nitrogens with zero attached hydrogens (tertiary/aromatic N) is 2. The van der Waals surface area contributed by atoms with Crippen LogP contribution in [0.15, 0.2) is 40.8 Å². The van der Waals surface area contributed by atoms with E-state index in [0.29, 0.717) is 25.9 Å². The Balaban J connectivity index is 1.50. The molecule has 140 valence electrons. The summed E-state index contributed by atoms with van der Waals surface area (Å²) in [5.74, 6) is -1.16. The third kappa shape index (κ3) is 4.85. The lowest BCUT2D eigenvalue weighted by molar-refractivity contribution is -0.147. The number of hydrogen-bond donors (Lipinski definition) is 1. The Morgan fingerprint density at radius 2 is 2.07 bits per heavy atom. The zero-order valence-corrected chi connectivity index (χ0v) is 16.1. The summed E-state index contributed by atoms with van der Waals surface area (Å²) in [6.07, 6.45) is 1.32. The standard InChI is InChI=1S/C17H13Cl2N3O4S/c18-10-1-2-12(19)13(7-10)21-14(23)8-26-15(24)3-5-22-9-20-16-11(17(22)25)4-6-27-16/h1-2,4,6-7,9H,3,5,8H2,(H,21,23). The molecule has 1 N–H and O–H groups in total. The fraction of sp³-hybridized carbons (Fsp3) is 0.176. The summed E-state index contributed by atoms with van der Waals surface area (Å²) in [5, 5.41) is 5.52. The largest absolute Gasteiger partial charge is 0.456 e. The number of esters is 1. The highest BCUT2D eigenvalue weighted by Crippen LogP contribution is 2.25. The lowest BCUT2D eigenvalue weighted by atomic mass is 10.3. The molecule has 1 aromatic carbocycles. The maximum absolute atomic E-state index is 12.2. The van der Waals surface area contributed by atoms with Crippen LogP contribution in [0.3, 0.4) is 0 Å². The number of halogens is 2. The van der Waals surface area contributed by atoms with Gasteiger partial charge in [-0.05, 0) is 29.6 Å². The number of fused-ring (bicyclic) bond motifs is 1. The zero-order valence-electron chi connectivity index (χ0n) is 13.8. The van der Waals surface area contributed by atoms with Crippen molar-refractivity contribution in [2.75, 3.05) is 11.9 Å². The number of thiophene rings is 1. The maximum Gasteiger partial charge on any atom is 0.308 e. The summed E-state index contributed by atoms with van der Waals surface area (Å²) in [5.41, 5.74) is 0.106. The van der Waals surface area contributed by atoms with Crippen molar-refractivity contribution in [3.63, 3.8) is 0 Å². The molecule has 0 saturated carbocycles. The van der Waals surface area contributed by atoms with E-state index in [2.05, 4.69) is 10.3 Å². The van der Waals surface area contributed by atoms with Gasteiger partial charge in [0.2, 0.25) is 0 Å². The van der Waals surface area contributed by atoms with E-state index in [9.17, 15) is 14.4 Å². The molecule has 0 spiro atoms. The second-order valence-electron chi connectivity index (χ2n) is 5.47. The van der Waals surface area contributed by atoms with E-state index in [0.717, 1.165) is 0 Å². The minimum absolute atomic E-state index is 0.0670. The molecule has 0 aliphatic rings. The molecule has 27 heavy (non-hydrogen) atoms. The molecule has 2 heterocycles. The van der Waals surface area contributed by atoms with Crippen LogP contribution in [0.4, 0.5) is 5.69 Å². The van der Waals surface area contributed by atoms with Crippen molar-refractivity contribution in [1.82, 2.24) is 9.55 Å². The van der Waals surface area contributed by atoms with Crippen LogP contribution < -0.4 is 10.9 Å². The summed E-state index contributed by atoms with van der Waals surface area (Å²) in [4.78, 5) is 40.7. The van der Waals surface area contributed by atoms with Gasteiger partial charge < -0.3 is 10.1 Å². The molecule has 0 unspecified atom stereocenters. The molecule has 0 aliphatic heterocycles. The molecular weight excluding hydrogens is 413 g/mol. The number of anilines is 1. The Morgan fingerprint density at radius 1 is 1.26 bits per heavy atom. The van der Waals surface area contributed by atoms with Crippen molar-refractivity contribution < 1.29 is 14.3 Å². The van der Waals surface area contributed by atoms with Crippen molar-refractivity contribution in [3.05, 3.63) is 56.4 Å². The number of amides is 1. The van der Waals surface area contributed by atoms with Gasteiger partial charge in [-0.1, -0.05) is 23.2 Å². The van der Waals surface area contributed by atoms with E-state index < -0.39 is 18.5 Å². The molecule has 0 fully saturated rings. The Morgan fingerprint density at radius 3 is 2.89 bits per heavy atom. The molecule has 0 saturated heterocycles. The predicted molar refractivity (Wildman–Crippen MR) is 105 cm³/mol. The van der Waals surface area contributed by atoms with Crippen LogP contribution in [0, 0.1) is 0 Å². The van der Waals surface area contributed by atoms with Crippen LogP contribution in [-0.2, 0) is 20.9 Å². The highest BCUT2D eigenvalue weighted by atomic mass is 35.5. The Labute approximate surface area is 167 Å². The van der Waals surface area contributed by atoms with Gasteiger partial charge in [-0.3, -0.25) is 19.0 Å². The number of benzene rings is 1. The van der Waals surface area contributed by atoms with E-state index in [1.54, 1.807) is 23.6 Å². The summed E-state index contributed by atoms with van der Waals surface area (Å²) >= 11 is 13.2. The van der Waals surface area contributed by atoms with Crippen LogP contribution in [-0.4, -0.2) is 28.0 Å². The van der Waals surface area contributed by atoms with Crippen LogP contribution in [0.25, 0.3) is 10.2 Å². The number of carbonyl (C=O) groups is 2. The molecule has 3 aromatic rings. The first-order valence-corrected chi connectivity index (χ1v) is 9.41. The number of aryl methyl sites for hydroxylation is 1. The summed E-state index contributed by atoms with van der Waals surface area (Å²) in [6.45, 7) is -0.365. The Hall–Kier alpha value is -2.42. The van der Waals surface area contributed by atoms with Gasteiger partial charge in [0.25, 0.3) is 11.5 Å². The number of aromatic nitrogens is 2. The highest BCUT2D eigenvalue weighted by molar-refractivity contribution is 7.16. The van der Waals surface area contributed by atoms with Gasteiger partial charge in [0, 0.05) is 11.6 Å². The Bertz CT molecular complexity index is 1060. The van der Waals surface area contributed by atoms with Gasteiger partial charge in [0.05, 0.1) is 28.8 Å². The molecule has 10 heteroatoms. The van der Waals surface area contributed by atoms with Crippen molar-refractivity contribution in [2.24, 2.45) is 0 Å². The van der Waals surface area contributed by atoms with Crippen LogP contribution in [0.5, 0.6) is 0 Å². The fourth-order valence-electron chi connectivity index (χ4n) is 2.26. The molecular formula is C17H13Cl2N3O4S. The maximum atomic E-state index is 12.2. The number of ether oxygens (including phenoxy) is 1. The van der Waals surface area contributed by atoms with E-state index in [4.69, 9.17) is 27.9 Å². The van der Waals surface area contributed by atoms with Gasteiger partial charge in [-0.25, -0.2) is 4.98 Å². The quantitative estimate of drug-likeness (QED) is 0.611.